The van der Waals surface area contributed by atoms with Crippen LogP contribution in [0.15, 0.2) is 12.2 Å². The average Bonchev–Trinajstić information content (AvgIpc) is 2.89. The van der Waals surface area contributed by atoms with E-state index in [2.05, 4.69) is 33.4 Å². The molecule has 0 saturated heterocycles. The maximum atomic E-state index is 12.1. The minimum absolute atomic E-state index is 0.137. The number of nitrogens with one attached hydrogen (secondary N) is 1. The third-order valence-electron chi connectivity index (χ3n) is 5.80. The molecule has 0 aromatic heterocycles. The number of hydrogen-bond donors (Lipinski definition) is 4. The number of aliphatic hydroxyl groups excluding tert-OH is 1. The summed E-state index contributed by atoms with van der Waals surface area (Å²) in [6.07, 6.45) is 16.4. The highest BCUT2D eigenvalue weighted by Gasteiger charge is 2.28. The Hall–Kier alpha value is -1.78. The molecule has 0 aromatic rings. The molecule has 4 N–H and O–H groups in total. The Balaban J connectivity index is 4.11. The summed E-state index contributed by atoms with van der Waals surface area (Å²) >= 11 is 0. The van der Waals surface area contributed by atoms with E-state index in [1.165, 1.54) is 19.3 Å². The molecule has 1 amide bonds. The first-order valence-electron chi connectivity index (χ1n) is 14.2. The Kier molecular flexibility index (Phi) is 23.0. The van der Waals surface area contributed by atoms with Gasteiger partial charge in [-0.05, 0) is 38.5 Å². The van der Waals surface area contributed by atoms with Crippen molar-refractivity contribution in [3.63, 3.8) is 0 Å². The second kappa shape index (κ2) is 24.1. The van der Waals surface area contributed by atoms with Crippen LogP contribution in [-0.2, 0) is 32.7 Å². The minimum atomic E-state index is -4.72. The molecular formula is C27H50NO10P. The van der Waals surface area contributed by atoms with Crippen LogP contribution in [0, 0.1) is 0 Å². The number of phosphoric acid groups is 1. The van der Waals surface area contributed by atoms with Crippen LogP contribution in [0.5, 0.6) is 0 Å². The fourth-order valence-electron chi connectivity index (χ4n) is 3.48. The summed E-state index contributed by atoms with van der Waals surface area (Å²) in [5, 5.41) is 21.4. The Morgan fingerprint density at radius 2 is 1.33 bits per heavy atom. The van der Waals surface area contributed by atoms with Crippen LogP contribution in [0.1, 0.15) is 110 Å². The van der Waals surface area contributed by atoms with Crippen LogP contribution in [0.4, 0.5) is 0 Å². The summed E-state index contributed by atoms with van der Waals surface area (Å²) in [6, 6.07) is -1.54. The Morgan fingerprint density at radius 3 is 1.97 bits per heavy atom. The van der Waals surface area contributed by atoms with E-state index in [9.17, 15) is 34.1 Å². The molecule has 0 rings (SSSR count). The summed E-state index contributed by atoms with van der Waals surface area (Å²) in [4.78, 5) is 44.8. The topological polar surface area (TPSA) is 169 Å². The molecule has 0 radical (unpaired) electrons. The highest BCUT2D eigenvalue weighted by Crippen LogP contribution is 2.43. The number of amides is 1. The van der Waals surface area contributed by atoms with Gasteiger partial charge in [0.15, 0.2) is 6.04 Å². The van der Waals surface area contributed by atoms with Gasteiger partial charge in [-0.3, -0.25) is 18.6 Å². The third kappa shape index (κ3) is 23.8. The largest absolute Gasteiger partial charge is 0.480 e. The van der Waals surface area contributed by atoms with E-state index in [0.29, 0.717) is 12.8 Å². The molecule has 228 valence electrons. The third-order valence-corrected chi connectivity index (χ3v) is 6.76. The number of aliphatic carboxylic acids is 1. The lowest BCUT2D eigenvalue weighted by atomic mass is 10.1. The van der Waals surface area contributed by atoms with E-state index < -0.39 is 57.6 Å². The van der Waals surface area contributed by atoms with Gasteiger partial charge in [-0.2, -0.15) is 0 Å². The zero-order valence-corrected chi connectivity index (χ0v) is 24.6. The van der Waals surface area contributed by atoms with Crippen molar-refractivity contribution in [2.24, 2.45) is 0 Å². The second-order valence-electron chi connectivity index (χ2n) is 9.59. The van der Waals surface area contributed by atoms with Crippen LogP contribution in [-0.4, -0.2) is 64.9 Å². The molecule has 11 nitrogen and oxygen atoms in total. The summed E-state index contributed by atoms with van der Waals surface area (Å²) in [5.74, 6) is -2.42. The number of hydrogen-bond acceptors (Lipinski definition) is 8. The van der Waals surface area contributed by atoms with Gasteiger partial charge in [0, 0.05) is 12.8 Å². The van der Waals surface area contributed by atoms with Crippen molar-refractivity contribution in [3.05, 3.63) is 12.2 Å². The first-order valence-corrected chi connectivity index (χ1v) is 15.7. The summed E-state index contributed by atoms with van der Waals surface area (Å²) in [6.45, 7) is 2.29. The predicted molar refractivity (Wildman–Crippen MR) is 148 cm³/mol. The fraction of sp³-hybridized carbons (Fsp3) is 0.815. The number of carbonyl (C=O) groups excluding carboxylic acids is 2. The lowest BCUT2D eigenvalue weighted by Gasteiger charge is -2.18. The first-order chi connectivity index (χ1) is 18.6. The molecule has 0 heterocycles. The molecule has 0 aromatic carbocycles. The van der Waals surface area contributed by atoms with E-state index in [1.54, 1.807) is 0 Å². The van der Waals surface area contributed by atoms with Gasteiger partial charge in [0.05, 0.1) is 13.2 Å². The normalized spacial score (nSPS) is 14.6. The minimum Gasteiger partial charge on any atom is -0.480 e. The number of ether oxygens (including phenoxy) is 1. The molecule has 0 bridgehead atoms. The standard InChI is InChI=1S/C27H50NO10P/c1-3-5-7-8-9-10-11-12-13-14-15-17-18-25(30)28-24(27(32)33)22-38-39(34,35)37-21-23(29)20-36-26(31)19-16-6-4-2/h9-10,23-24,29H,3-8,11-22H2,1-2H3,(H,28,30)(H,32,33)(H,34,35)/b10-9-. The number of rotatable bonds is 26. The lowest BCUT2D eigenvalue weighted by Crippen LogP contribution is -2.43. The Morgan fingerprint density at radius 1 is 0.795 bits per heavy atom. The fourth-order valence-corrected chi connectivity index (χ4v) is 4.25. The zero-order valence-electron chi connectivity index (χ0n) is 23.7. The quantitative estimate of drug-likeness (QED) is 0.0471. The van der Waals surface area contributed by atoms with E-state index >= 15 is 0 Å². The number of carboxylic acids is 1. The first kappa shape index (κ1) is 37.2. The number of esters is 1. The van der Waals surface area contributed by atoms with Crippen molar-refractivity contribution < 1.29 is 47.8 Å². The smallest absolute Gasteiger partial charge is 0.472 e. The highest BCUT2D eigenvalue weighted by molar-refractivity contribution is 7.47. The van der Waals surface area contributed by atoms with Gasteiger partial charge < -0.3 is 25.2 Å². The zero-order chi connectivity index (χ0) is 29.4. The molecule has 39 heavy (non-hydrogen) atoms. The van der Waals surface area contributed by atoms with Crippen LogP contribution in [0.25, 0.3) is 0 Å². The van der Waals surface area contributed by atoms with Gasteiger partial charge in [-0.1, -0.05) is 70.9 Å². The van der Waals surface area contributed by atoms with Crippen molar-refractivity contribution in [3.8, 4) is 0 Å². The van der Waals surface area contributed by atoms with Gasteiger partial charge in [0.1, 0.15) is 12.7 Å². The number of allylic oxidation sites excluding steroid dienone is 2. The van der Waals surface area contributed by atoms with Crippen molar-refractivity contribution in [2.75, 3.05) is 19.8 Å². The summed E-state index contributed by atoms with van der Waals surface area (Å²) < 4.78 is 26.2. The van der Waals surface area contributed by atoms with Crippen molar-refractivity contribution in [1.82, 2.24) is 5.32 Å². The number of aliphatic hydroxyl groups is 1. The lowest BCUT2D eigenvalue weighted by molar-refractivity contribution is -0.147. The monoisotopic (exact) mass is 579 g/mol. The Bertz CT molecular complexity index is 746. The molecule has 12 heteroatoms. The van der Waals surface area contributed by atoms with Gasteiger partial charge >= 0.3 is 19.8 Å². The molecule has 0 aliphatic heterocycles. The molecule has 0 saturated carbocycles. The molecule has 0 aliphatic carbocycles. The van der Waals surface area contributed by atoms with E-state index in [1.807, 2.05) is 6.92 Å². The number of carboxylic acid groups (broad SMARTS) is 1. The van der Waals surface area contributed by atoms with Crippen LogP contribution < -0.4 is 5.32 Å². The highest BCUT2D eigenvalue weighted by atomic mass is 31.2. The van der Waals surface area contributed by atoms with Gasteiger partial charge in [0.2, 0.25) is 5.91 Å². The van der Waals surface area contributed by atoms with E-state index in [-0.39, 0.29) is 12.8 Å². The SMILES string of the molecule is CCCCC/C=C\CCCCCCCC(=O)NC(COP(=O)(O)OCC(O)COC(=O)CCCCC)C(=O)O. The molecule has 3 unspecified atom stereocenters. The predicted octanol–water partition coefficient (Wildman–Crippen LogP) is 5.04. The summed E-state index contributed by atoms with van der Waals surface area (Å²) in [7, 11) is -4.72. The molecule has 0 spiro atoms. The number of carbonyl (C=O) groups is 3. The molecule has 3 atom stereocenters. The van der Waals surface area contributed by atoms with E-state index in [4.69, 9.17) is 4.74 Å². The van der Waals surface area contributed by atoms with Crippen molar-refractivity contribution >= 4 is 25.7 Å². The van der Waals surface area contributed by atoms with Crippen LogP contribution >= 0.6 is 7.82 Å². The van der Waals surface area contributed by atoms with Crippen molar-refractivity contribution in [1.29, 1.82) is 0 Å². The molecular weight excluding hydrogens is 529 g/mol. The number of phosphoric ester groups is 1. The summed E-state index contributed by atoms with van der Waals surface area (Å²) in [5.41, 5.74) is 0. The van der Waals surface area contributed by atoms with Crippen molar-refractivity contribution in [2.45, 2.75) is 122 Å². The molecule has 0 fully saturated rings. The van der Waals surface area contributed by atoms with Crippen LogP contribution in [0.3, 0.4) is 0 Å². The number of unbranched alkanes of at least 4 members (excludes halogenated alkanes) is 10. The average molecular weight is 580 g/mol. The van der Waals surface area contributed by atoms with E-state index in [0.717, 1.165) is 51.4 Å². The maximum absolute atomic E-state index is 12.1. The van der Waals surface area contributed by atoms with Crippen LogP contribution in [0.2, 0.25) is 0 Å². The van der Waals surface area contributed by atoms with Gasteiger partial charge in [0.25, 0.3) is 0 Å². The molecule has 0 aliphatic rings. The Labute approximate surface area is 233 Å². The maximum Gasteiger partial charge on any atom is 0.472 e. The van der Waals surface area contributed by atoms with Gasteiger partial charge in [-0.25, -0.2) is 9.36 Å². The van der Waals surface area contributed by atoms with Gasteiger partial charge in [-0.15, -0.1) is 0 Å². The second-order valence-corrected chi connectivity index (χ2v) is 11.0.